The second kappa shape index (κ2) is 6.59. The van der Waals surface area contributed by atoms with Gasteiger partial charge in [0.25, 0.3) is 0 Å². The summed E-state index contributed by atoms with van der Waals surface area (Å²) < 4.78 is 6.76. The van der Waals surface area contributed by atoms with E-state index in [0.29, 0.717) is 13.2 Å². The standard InChI is InChI=1S/C15H16BrNO2/c16-15-5-4-14(9-12(15)6-7-17)19-10-11-2-1-3-13(18)8-11/h1-5,8-9,18H,6-7,10,17H2. The number of nitrogens with two attached hydrogens (primary N) is 1. The van der Waals surface area contributed by atoms with Crippen molar-refractivity contribution in [3.8, 4) is 11.5 Å². The normalized spacial score (nSPS) is 10.4. The van der Waals surface area contributed by atoms with Crippen LogP contribution in [-0.4, -0.2) is 11.7 Å². The Bertz CT molecular complexity index is 558. The Hall–Kier alpha value is -1.52. The molecule has 0 aliphatic heterocycles. The molecule has 2 aromatic rings. The van der Waals surface area contributed by atoms with E-state index in [-0.39, 0.29) is 5.75 Å². The van der Waals surface area contributed by atoms with Gasteiger partial charge in [0.15, 0.2) is 0 Å². The molecule has 0 bridgehead atoms. The van der Waals surface area contributed by atoms with Gasteiger partial charge in [-0.15, -0.1) is 0 Å². The molecule has 0 aliphatic carbocycles. The fraction of sp³-hybridized carbons (Fsp3) is 0.200. The lowest BCUT2D eigenvalue weighted by molar-refractivity contribution is 0.305. The highest BCUT2D eigenvalue weighted by Crippen LogP contribution is 2.24. The molecule has 4 heteroatoms. The number of ether oxygens (including phenoxy) is 1. The van der Waals surface area contributed by atoms with Crippen molar-refractivity contribution in [3.05, 3.63) is 58.1 Å². The molecule has 3 nitrogen and oxygen atoms in total. The van der Waals surface area contributed by atoms with E-state index in [0.717, 1.165) is 27.8 Å². The van der Waals surface area contributed by atoms with Crippen molar-refractivity contribution in [2.75, 3.05) is 6.54 Å². The quantitative estimate of drug-likeness (QED) is 0.888. The average molecular weight is 322 g/mol. The van der Waals surface area contributed by atoms with Crippen molar-refractivity contribution in [3.63, 3.8) is 0 Å². The van der Waals surface area contributed by atoms with Crippen molar-refractivity contribution in [1.29, 1.82) is 0 Å². The summed E-state index contributed by atoms with van der Waals surface area (Å²) in [5.41, 5.74) is 7.64. The zero-order chi connectivity index (χ0) is 13.7. The van der Waals surface area contributed by atoms with Crippen molar-refractivity contribution in [2.45, 2.75) is 13.0 Å². The highest BCUT2D eigenvalue weighted by molar-refractivity contribution is 9.10. The molecule has 0 spiro atoms. The minimum atomic E-state index is 0.251. The number of benzene rings is 2. The number of aromatic hydroxyl groups is 1. The monoisotopic (exact) mass is 321 g/mol. The largest absolute Gasteiger partial charge is 0.508 e. The molecule has 0 amide bonds. The van der Waals surface area contributed by atoms with E-state index in [2.05, 4.69) is 15.9 Å². The van der Waals surface area contributed by atoms with E-state index in [9.17, 15) is 5.11 Å². The molecule has 100 valence electrons. The second-order valence-electron chi connectivity index (χ2n) is 4.25. The van der Waals surface area contributed by atoms with Crippen molar-refractivity contribution in [1.82, 2.24) is 0 Å². The van der Waals surface area contributed by atoms with Crippen LogP contribution in [0.3, 0.4) is 0 Å². The van der Waals surface area contributed by atoms with Gasteiger partial charge in [0.1, 0.15) is 18.1 Å². The van der Waals surface area contributed by atoms with E-state index in [1.165, 1.54) is 0 Å². The van der Waals surface area contributed by atoms with Crippen LogP contribution in [0.5, 0.6) is 11.5 Å². The Kier molecular flexibility index (Phi) is 4.82. The SMILES string of the molecule is NCCc1cc(OCc2cccc(O)c2)ccc1Br. The Morgan fingerprint density at radius 2 is 2.00 bits per heavy atom. The molecule has 3 N–H and O–H groups in total. The van der Waals surface area contributed by atoms with E-state index in [4.69, 9.17) is 10.5 Å². The van der Waals surface area contributed by atoms with Crippen LogP contribution >= 0.6 is 15.9 Å². The maximum absolute atomic E-state index is 9.39. The van der Waals surface area contributed by atoms with Gasteiger partial charge in [-0.3, -0.25) is 0 Å². The summed E-state index contributed by atoms with van der Waals surface area (Å²) in [5.74, 6) is 1.05. The van der Waals surface area contributed by atoms with Crippen LogP contribution in [0.1, 0.15) is 11.1 Å². The number of hydrogen-bond acceptors (Lipinski definition) is 3. The summed E-state index contributed by atoms with van der Waals surface area (Å²) in [5, 5.41) is 9.39. The average Bonchev–Trinajstić information content (AvgIpc) is 2.40. The van der Waals surface area contributed by atoms with Crippen LogP contribution < -0.4 is 10.5 Å². The Morgan fingerprint density at radius 3 is 2.74 bits per heavy atom. The van der Waals surface area contributed by atoms with Gasteiger partial charge in [0.2, 0.25) is 0 Å². The van der Waals surface area contributed by atoms with Gasteiger partial charge in [-0.2, -0.15) is 0 Å². The Morgan fingerprint density at radius 1 is 1.16 bits per heavy atom. The molecule has 2 rings (SSSR count). The first-order chi connectivity index (χ1) is 9.19. The van der Waals surface area contributed by atoms with Crippen LogP contribution in [0, 0.1) is 0 Å². The number of phenolic OH excluding ortho intramolecular Hbond substituents is 1. The predicted molar refractivity (Wildman–Crippen MR) is 79.3 cm³/mol. The number of rotatable bonds is 5. The molecule has 0 atom stereocenters. The lowest BCUT2D eigenvalue weighted by atomic mass is 10.1. The number of phenols is 1. The lowest BCUT2D eigenvalue weighted by Gasteiger charge is -2.09. The maximum Gasteiger partial charge on any atom is 0.120 e. The molecule has 2 aromatic carbocycles. The minimum Gasteiger partial charge on any atom is -0.508 e. The molecule has 0 heterocycles. The first kappa shape index (κ1) is 13.9. The number of halogens is 1. The van der Waals surface area contributed by atoms with Gasteiger partial charge in [-0.05, 0) is 54.4 Å². The predicted octanol–water partition coefficient (Wildman–Crippen LogP) is 3.23. The van der Waals surface area contributed by atoms with E-state index in [1.54, 1.807) is 18.2 Å². The third kappa shape index (κ3) is 3.98. The van der Waals surface area contributed by atoms with Gasteiger partial charge in [-0.25, -0.2) is 0 Å². The first-order valence-corrected chi connectivity index (χ1v) is 6.87. The van der Waals surface area contributed by atoms with E-state index >= 15 is 0 Å². The van der Waals surface area contributed by atoms with Crippen LogP contribution in [0.4, 0.5) is 0 Å². The van der Waals surface area contributed by atoms with Gasteiger partial charge in [-0.1, -0.05) is 28.1 Å². The highest BCUT2D eigenvalue weighted by Gasteiger charge is 2.03. The molecule has 0 aliphatic rings. The Labute approximate surface area is 121 Å². The minimum absolute atomic E-state index is 0.251. The van der Waals surface area contributed by atoms with Gasteiger partial charge >= 0.3 is 0 Å². The second-order valence-corrected chi connectivity index (χ2v) is 5.10. The zero-order valence-corrected chi connectivity index (χ0v) is 12.1. The fourth-order valence-corrected chi connectivity index (χ4v) is 2.25. The molecular formula is C15H16BrNO2. The molecule has 0 aromatic heterocycles. The van der Waals surface area contributed by atoms with Crippen LogP contribution in [0.2, 0.25) is 0 Å². The van der Waals surface area contributed by atoms with Crippen molar-refractivity contribution < 1.29 is 9.84 Å². The number of hydrogen-bond donors (Lipinski definition) is 2. The van der Waals surface area contributed by atoms with Crippen molar-refractivity contribution in [2.24, 2.45) is 5.73 Å². The maximum atomic E-state index is 9.39. The van der Waals surface area contributed by atoms with E-state index in [1.807, 2.05) is 24.3 Å². The Balaban J connectivity index is 2.05. The highest BCUT2D eigenvalue weighted by atomic mass is 79.9. The summed E-state index contributed by atoms with van der Waals surface area (Å²) >= 11 is 3.49. The van der Waals surface area contributed by atoms with Gasteiger partial charge < -0.3 is 15.6 Å². The first-order valence-electron chi connectivity index (χ1n) is 6.08. The summed E-state index contributed by atoms with van der Waals surface area (Å²) in [4.78, 5) is 0. The topological polar surface area (TPSA) is 55.5 Å². The smallest absolute Gasteiger partial charge is 0.120 e. The van der Waals surface area contributed by atoms with Crippen LogP contribution in [-0.2, 0) is 13.0 Å². The molecule has 19 heavy (non-hydrogen) atoms. The molecular weight excluding hydrogens is 306 g/mol. The van der Waals surface area contributed by atoms with Gasteiger partial charge in [0, 0.05) is 4.47 Å². The molecule has 0 radical (unpaired) electrons. The fourth-order valence-electron chi connectivity index (χ4n) is 1.80. The summed E-state index contributed by atoms with van der Waals surface area (Å²) in [6.45, 7) is 1.03. The third-order valence-corrected chi connectivity index (χ3v) is 3.52. The molecule has 0 fully saturated rings. The lowest BCUT2D eigenvalue weighted by Crippen LogP contribution is -2.04. The van der Waals surface area contributed by atoms with Crippen LogP contribution in [0.25, 0.3) is 0 Å². The van der Waals surface area contributed by atoms with Crippen LogP contribution in [0.15, 0.2) is 46.9 Å². The summed E-state index contributed by atoms with van der Waals surface area (Å²) in [7, 11) is 0. The van der Waals surface area contributed by atoms with Crippen molar-refractivity contribution >= 4 is 15.9 Å². The van der Waals surface area contributed by atoms with E-state index < -0.39 is 0 Å². The molecule has 0 unspecified atom stereocenters. The summed E-state index contributed by atoms with van der Waals surface area (Å²) in [6, 6.07) is 12.9. The molecule has 0 saturated heterocycles. The molecule has 0 saturated carbocycles. The zero-order valence-electron chi connectivity index (χ0n) is 10.5. The summed E-state index contributed by atoms with van der Waals surface area (Å²) in [6.07, 6.45) is 0.809. The third-order valence-electron chi connectivity index (χ3n) is 2.75. The van der Waals surface area contributed by atoms with Gasteiger partial charge in [0.05, 0.1) is 0 Å².